The van der Waals surface area contributed by atoms with E-state index in [-0.39, 0.29) is 0 Å². The molecule has 0 aliphatic rings. The third kappa shape index (κ3) is 5.72. The minimum Gasteiger partial charge on any atom is -0.231 e. The first kappa shape index (κ1) is 13.1. The second-order valence-electron chi connectivity index (χ2n) is 2.76. The van der Waals surface area contributed by atoms with Gasteiger partial charge in [-0.15, -0.1) is 0 Å². The summed E-state index contributed by atoms with van der Waals surface area (Å²) in [5.41, 5.74) is 2.98. The predicted octanol–water partition coefficient (Wildman–Crippen LogP) is 1.28. The van der Waals surface area contributed by atoms with Crippen LogP contribution in [0.2, 0.25) is 0 Å². The summed E-state index contributed by atoms with van der Waals surface area (Å²) in [6.45, 7) is 4.41. The molecule has 0 heterocycles. The normalized spacial score (nSPS) is 9.43. The minimum atomic E-state index is -2.62. The third-order valence-electron chi connectivity index (χ3n) is 1.88. The Kier molecular flexibility index (Phi) is 7.06. The van der Waals surface area contributed by atoms with Crippen LogP contribution in [0.15, 0.2) is 24.3 Å². The minimum absolute atomic E-state index is 1.16. The van der Waals surface area contributed by atoms with Gasteiger partial charge in [-0.3, -0.25) is 0 Å². The van der Waals surface area contributed by atoms with Gasteiger partial charge in [0.15, 0.2) is 10.9 Å². The molecule has 0 atom stereocenters. The van der Waals surface area contributed by atoms with E-state index in [2.05, 4.69) is 43.3 Å². The van der Waals surface area contributed by atoms with Gasteiger partial charge < -0.3 is 0 Å². The van der Waals surface area contributed by atoms with E-state index in [9.17, 15) is 0 Å². The molecule has 1 aromatic carbocycles. The molecular formula is C10H17NO2S. The molecule has 0 unspecified atom stereocenters. The average molecular weight is 215 g/mol. The number of aryl methyl sites for hydroxylation is 2. The van der Waals surface area contributed by atoms with E-state index < -0.39 is 10.9 Å². The highest BCUT2D eigenvalue weighted by Gasteiger charge is 1.93. The number of thiol groups is 1. The Morgan fingerprint density at radius 3 is 1.57 bits per heavy atom. The van der Waals surface area contributed by atoms with Gasteiger partial charge in [0, 0.05) is 0 Å². The summed E-state index contributed by atoms with van der Waals surface area (Å²) in [7, 11) is -2.62. The molecule has 0 aromatic heterocycles. The van der Waals surface area contributed by atoms with Crippen molar-refractivity contribution >= 4 is 10.9 Å². The van der Waals surface area contributed by atoms with Gasteiger partial charge >= 0.3 is 0 Å². The van der Waals surface area contributed by atoms with E-state index in [4.69, 9.17) is 8.42 Å². The van der Waals surface area contributed by atoms with Gasteiger partial charge in [-0.05, 0) is 24.0 Å². The number of hydrogen-bond acceptors (Lipinski definition) is 2. The van der Waals surface area contributed by atoms with E-state index in [1.54, 1.807) is 0 Å². The lowest BCUT2D eigenvalue weighted by molar-refractivity contribution is 0.616. The SMILES string of the molecule is CCc1ccccc1CC.N[SH](=O)=O. The van der Waals surface area contributed by atoms with Gasteiger partial charge in [-0.2, -0.15) is 0 Å². The monoisotopic (exact) mass is 215 g/mol. The van der Waals surface area contributed by atoms with Crippen molar-refractivity contribution in [2.24, 2.45) is 5.14 Å². The fraction of sp³-hybridized carbons (Fsp3) is 0.400. The predicted molar refractivity (Wildman–Crippen MR) is 59.7 cm³/mol. The molecule has 0 bridgehead atoms. The maximum Gasteiger partial charge on any atom is 0.198 e. The lowest BCUT2D eigenvalue weighted by Gasteiger charge is -2.02. The van der Waals surface area contributed by atoms with Gasteiger partial charge in [0.1, 0.15) is 0 Å². The van der Waals surface area contributed by atoms with Gasteiger partial charge in [0.2, 0.25) is 0 Å². The van der Waals surface area contributed by atoms with E-state index in [1.165, 1.54) is 11.1 Å². The number of benzene rings is 1. The maximum absolute atomic E-state index is 8.81. The first-order chi connectivity index (χ1) is 6.61. The second-order valence-corrected chi connectivity index (χ2v) is 3.33. The summed E-state index contributed by atoms with van der Waals surface area (Å²) in [5, 5.41) is 4.06. The van der Waals surface area contributed by atoms with E-state index in [1.807, 2.05) is 0 Å². The largest absolute Gasteiger partial charge is 0.231 e. The van der Waals surface area contributed by atoms with Crippen molar-refractivity contribution < 1.29 is 8.42 Å². The number of rotatable bonds is 2. The number of nitrogens with two attached hydrogens (primary N) is 1. The molecule has 0 aliphatic carbocycles. The molecule has 0 amide bonds. The van der Waals surface area contributed by atoms with E-state index >= 15 is 0 Å². The van der Waals surface area contributed by atoms with E-state index in [0.717, 1.165) is 12.8 Å². The van der Waals surface area contributed by atoms with Gasteiger partial charge in [-0.1, -0.05) is 38.1 Å². The van der Waals surface area contributed by atoms with Crippen LogP contribution in [0.5, 0.6) is 0 Å². The zero-order chi connectivity index (χ0) is 11.0. The Hall–Kier alpha value is -0.870. The van der Waals surface area contributed by atoms with Crippen LogP contribution in [0.4, 0.5) is 0 Å². The van der Waals surface area contributed by atoms with Crippen LogP contribution in [0.25, 0.3) is 0 Å². The van der Waals surface area contributed by atoms with Crippen molar-refractivity contribution in [3.8, 4) is 0 Å². The molecule has 4 heteroatoms. The quantitative estimate of drug-likeness (QED) is 0.730. The molecule has 14 heavy (non-hydrogen) atoms. The Morgan fingerprint density at radius 2 is 1.36 bits per heavy atom. The van der Waals surface area contributed by atoms with Crippen molar-refractivity contribution in [2.75, 3.05) is 0 Å². The first-order valence-electron chi connectivity index (χ1n) is 4.57. The fourth-order valence-electron chi connectivity index (χ4n) is 1.25. The molecule has 0 saturated heterocycles. The molecule has 0 radical (unpaired) electrons. The lowest BCUT2D eigenvalue weighted by Crippen LogP contribution is -1.88. The zero-order valence-corrected chi connectivity index (χ0v) is 9.46. The molecule has 2 N–H and O–H groups in total. The molecule has 0 spiro atoms. The summed E-state index contributed by atoms with van der Waals surface area (Å²) in [6, 6.07) is 8.63. The van der Waals surface area contributed by atoms with Crippen molar-refractivity contribution in [1.29, 1.82) is 0 Å². The summed E-state index contributed by atoms with van der Waals surface area (Å²) in [6.07, 6.45) is 2.31. The Labute approximate surface area is 87.0 Å². The molecule has 0 saturated carbocycles. The molecule has 80 valence electrons. The highest BCUT2D eigenvalue weighted by atomic mass is 32.2. The summed E-state index contributed by atoms with van der Waals surface area (Å²) < 4.78 is 17.6. The van der Waals surface area contributed by atoms with Crippen LogP contribution in [0.3, 0.4) is 0 Å². The van der Waals surface area contributed by atoms with Gasteiger partial charge in [-0.25, -0.2) is 13.6 Å². The number of hydrogen-bond donors (Lipinski definition) is 2. The Balaban J connectivity index is 0.000000364. The molecule has 3 nitrogen and oxygen atoms in total. The van der Waals surface area contributed by atoms with Crippen LogP contribution < -0.4 is 5.14 Å². The summed E-state index contributed by atoms with van der Waals surface area (Å²) in [4.78, 5) is 0. The smallest absolute Gasteiger partial charge is 0.198 e. The van der Waals surface area contributed by atoms with E-state index in [0.29, 0.717) is 0 Å². The van der Waals surface area contributed by atoms with Crippen molar-refractivity contribution in [2.45, 2.75) is 26.7 Å². The molecular weight excluding hydrogens is 198 g/mol. The second kappa shape index (κ2) is 7.53. The zero-order valence-electron chi connectivity index (χ0n) is 8.56. The summed E-state index contributed by atoms with van der Waals surface area (Å²) >= 11 is 0. The topological polar surface area (TPSA) is 60.2 Å². The van der Waals surface area contributed by atoms with Crippen LogP contribution in [-0.4, -0.2) is 8.42 Å². The molecule has 1 rings (SSSR count). The molecule has 0 aliphatic heterocycles. The average Bonchev–Trinajstić information content (AvgIpc) is 2.17. The van der Waals surface area contributed by atoms with Crippen molar-refractivity contribution in [3.05, 3.63) is 35.4 Å². The van der Waals surface area contributed by atoms with Crippen LogP contribution >= 0.6 is 0 Å². The molecule has 1 aromatic rings. The van der Waals surface area contributed by atoms with Crippen molar-refractivity contribution in [3.63, 3.8) is 0 Å². The van der Waals surface area contributed by atoms with Crippen LogP contribution in [0, 0.1) is 0 Å². The highest BCUT2D eigenvalue weighted by molar-refractivity contribution is 7.69. The standard InChI is InChI=1S/C10H14.H3NO2S/c1-3-9-7-5-6-8-10(9)4-2;1-4(2)3/h5-8H,3-4H2,1-2H3;4H,(H2,1,2,3). The summed E-state index contributed by atoms with van der Waals surface area (Å²) in [5.74, 6) is 0. The third-order valence-corrected chi connectivity index (χ3v) is 1.88. The van der Waals surface area contributed by atoms with Crippen LogP contribution in [0.1, 0.15) is 25.0 Å². The van der Waals surface area contributed by atoms with Gasteiger partial charge in [0.05, 0.1) is 0 Å². The van der Waals surface area contributed by atoms with Crippen LogP contribution in [-0.2, 0) is 23.7 Å². The van der Waals surface area contributed by atoms with Crippen molar-refractivity contribution in [1.82, 2.24) is 0 Å². The maximum atomic E-state index is 8.81. The Morgan fingerprint density at radius 1 is 1.07 bits per heavy atom. The Bertz CT molecular complexity index is 304. The molecule has 0 fully saturated rings. The van der Waals surface area contributed by atoms with Gasteiger partial charge in [0.25, 0.3) is 0 Å². The lowest BCUT2D eigenvalue weighted by atomic mass is 10.0. The first-order valence-corrected chi connectivity index (χ1v) is 5.82. The highest BCUT2D eigenvalue weighted by Crippen LogP contribution is 2.08. The fourth-order valence-corrected chi connectivity index (χ4v) is 1.25.